The summed E-state index contributed by atoms with van der Waals surface area (Å²) in [5.41, 5.74) is 6.61. The maximum Gasteiger partial charge on any atom is 0.265 e. The quantitative estimate of drug-likeness (QED) is 0.496. The van der Waals surface area contributed by atoms with E-state index in [1.807, 2.05) is 0 Å². The highest BCUT2D eigenvalue weighted by Crippen LogP contribution is 2.19. The number of aliphatic hydroxyl groups excluding tert-OH is 1. The highest BCUT2D eigenvalue weighted by molar-refractivity contribution is 6.30. The largest absolute Gasteiger partial charge is 0.388 e. The molecule has 29 heavy (non-hydrogen) atoms. The van der Waals surface area contributed by atoms with Crippen LogP contribution in [0.4, 0.5) is 5.95 Å². The van der Waals surface area contributed by atoms with Crippen LogP contribution < -0.4 is 11.3 Å². The predicted octanol–water partition coefficient (Wildman–Crippen LogP) is 1.44. The molecule has 0 saturated carbocycles. The molecular formula is C18H16ClN7O3. The highest BCUT2D eigenvalue weighted by atomic mass is 35.5. The van der Waals surface area contributed by atoms with Gasteiger partial charge in [0.2, 0.25) is 11.8 Å². The summed E-state index contributed by atoms with van der Waals surface area (Å²) in [4.78, 5) is 29.1. The van der Waals surface area contributed by atoms with Crippen LogP contribution in [0, 0.1) is 6.92 Å². The first-order chi connectivity index (χ1) is 13.9. The van der Waals surface area contributed by atoms with E-state index in [1.165, 1.54) is 10.9 Å². The van der Waals surface area contributed by atoms with E-state index in [1.54, 1.807) is 31.2 Å². The SMILES string of the molecule is Cc1nc(N)nc2ncn(Cc3nc(CC(O)c4ccc(Cl)cc4)no3)c(=O)c12. The lowest BCUT2D eigenvalue weighted by molar-refractivity contribution is 0.174. The van der Waals surface area contributed by atoms with E-state index in [2.05, 4.69) is 25.1 Å². The molecule has 4 rings (SSSR count). The first-order valence-electron chi connectivity index (χ1n) is 8.65. The van der Waals surface area contributed by atoms with Crippen LogP contribution in [-0.2, 0) is 13.0 Å². The molecule has 3 heterocycles. The number of benzene rings is 1. The number of aromatic nitrogens is 6. The zero-order valence-corrected chi connectivity index (χ0v) is 16.0. The van der Waals surface area contributed by atoms with Crippen LogP contribution in [0.1, 0.15) is 29.1 Å². The van der Waals surface area contributed by atoms with E-state index in [0.29, 0.717) is 22.1 Å². The molecular weight excluding hydrogens is 398 g/mol. The molecule has 1 unspecified atom stereocenters. The summed E-state index contributed by atoms with van der Waals surface area (Å²) >= 11 is 5.86. The second-order valence-electron chi connectivity index (χ2n) is 6.42. The van der Waals surface area contributed by atoms with Crippen molar-refractivity contribution in [1.29, 1.82) is 0 Å². The number of anilines is 1. The maximum absolute atomic E-state index is 12.7. The molecule has 3 aromatic heterocycles. The monoisotopic (exact) mass is 413 g/mol. The maximum atomic E-state index is 12.7. The van der Waals surface area contributed by atoms with Gasteiger partial charge in [0.25, 0.3) is 5.56 Å². The summed E-state index contributed by atoms with van der Waals surface area (Å²) in [6.45, 7) is 1.69. The third-order valence-corrected chi connectivity index (χ3v) is 4.58. The molecule has 1 atom stereocenters. The molecule has 3 N–H and O–H groups in total. The van der Waals surface area contributed by atoms with Crippen molar-refractivity contribution < 1.29 is 9.63 Å². The zero-order chi connectivity index (χ0) is 20.5. The van der Waals surface area contributed by atoms with Gasteiger partial charge in [-0.25, -0.2) is 9.97 Å². The van der Waals surface area contributed by atoms with E-state index in [0.717, 1.165) is 0 Å². The van der Waals surface area contributed by atoms with Gasteiger partial charge < -0.3 is 15.4 Å². The minimum atomic E-state index is -0.812. The topological polar surface area (TPSA) is 146 Å². The van der Waals surface area contributed by atoms with E-state index in [-0.39, 0.29) is 41.4 Å². The average molecular weight is 414 g/mol. The van der Waals surface area contributed by atoms with Crippen LogP contribution in [0.5, 0.6) is 0 Å². The summed E-state index contributed by atoms with van der Waals surface area (Å²) in [7, 11) is 0. The summed E-state index contributed by atoms with van der Waals surface area (Å²) in [6.07, 6.45) is 0.679. The number of hydrogen-bond acceptors (Lipinski definition) is 9. The Morgan fingerprint density at radius 1 is 1.24 bits per heavy atom. The molecule has 0 radical (unpaired) electrons. The molecule has 0 spiro atoms. The second-order valence-corrected chi connectivity index (χ2v) is 6.86. The molecule has 4 aromatic rings. The van der Waals surface area contributed by atoms with Crippen LogP contribution in [0.25, 0.3) is 11.0 Å². The van der Waals surface area contributed by atoms with Gasteiger partial charge in [0.15, 0.2) is 11.5 Å². The van der Waals surface area contributed by atoms with Crippen LogP contribution >= 0.6 is 11.6 Å². The van der Waals surface area contributed by atoms with Crippen molar-refractivity contribution >= 4 is 28.6 Å². The van der Waals surface area contributed by atoms with Crippen LogP contribution in [0.15, 0.2) is 39.9 Å². The number of nitrogen functional groups attached to an aromatic ring is 1. The molecule has 0 aliphatic rings. The molecule has 0 fully saturated rings. The van der Waals surface area contributed by atoms with Gasteiger partial charge in [-0.1, -0.05) is 28.9 Å². The molecule has 10 nitrogen and oxygen atoms in total. The minimum Gasteiger partial charge on any atom is -0.388 e. The summed E-state index contributed by atoms with van der Waals surface area (Å²) in [5.74, 6) is 0.581. The second kappa shape index (κ2) is 7.57. The fourth-order valence-corrected chi connectivity index (χ4v) is 3.04. The Kier molecular flexibility index (Phi) is 4.95. The van der Waals surface area contributed by atoms with Gasteiger partial charge in [0.05, 0.1) is 11.8 Å². The van der Waals surface area contributed by atoms with Crippen LogP contribution in [0.2, 0.25) is 5.02 Å². The molecule has 148 valence electrons. The van der Waals surface area contributed by atoms with Gasteiger partial charge in [0, 0.05) is 11.4 Å². The predicted molar refractivity (Wildman–Crippen MR) is 104 cm³/mol. The van der Waals surface area contributed by atoms with Crippen molar-refractivity contribution in [2.75, 3.05) is 5.73 Å². The lowest BCUT2D eigenvalue weighted by atomic mass is 10.1. The van der Waals surface area contributed by atoms with Gasteiger partial charge in [-0.3, -0.25) is 9.36 Å². The number of aryl methyl sites for hydroxylation is 1. The Hall–Kier alpha value is -3.37. The number of rotatable bonds is 5. The summed E-state index contributed by atoms with van der Waals surface area (Å²) in [6, 6.07) is 6.84. The molecule has 0 saturated heterocycles. The van der Waals surface area contributed by atoms with Gasteiger partial charge in [0.1, 0.15) is 18.3 Å². The average Bonchev–Trinajstić information content (AvgIpc) is 3.11. The molecule has 0 aliphatic heterocycles. The van der Waals surface area contributed by atoms with E-state index in [9.17, 15) is 9.90 Å². The molecule has 0 bridgehead atoms. The highest BCUT2D eigenvalue weighted by Gasteiger charge is 2.16. The van der Waals surface area contributed by atoms with Gasteiger partial charge >= 0.3 is 0 Å². The molecule has 11 heteroatoms. The van der Waals surface area contributed by atoms with Crippen molar-refractivity contribution in [2.45, 2.75) is 26.0 Å². The summed E-state index contributed by atoms with van der Waals surface area (Å²) in [5, 5.41) is 15.1. The van der Waals surface area contributed by atoms with Crippen molar-refractivity contribution in [3.05, 3.63) is 68.9 Å². The molecule has 0 aliphatic carbocycles. The number of nitrogens with two attached hydrogens (primary N) is 1. The third-order valence-electron chi connectivity index (χ3n) is 4.33. The minimum absolute atomic E-state index is 0.0234. The van der Waals surface area contributed by atoms with Gasteiger partial charge in [-0.15, -0.1) is 0 Å². The Labute approximate surface area is 169 Å². The lowest BCUT2D eigenvalue weighted by Crippen LogP contribution is -2.23. The van der Waals surface area contributed by atoms with E-state index >= 15 is 0 Å². The first-order valence-corrected chi connectivity index (χ1v) is 9.03. The van der Waals surface area contributed by atoms with Crippen molar-refractivity contribution in [3.8, 4) is 0 Å². The number of halogens is 1. The third kappa shape index (κ3) is 3.93. The normalized spacial score (nSPS) is 12.4. The van der Waals surface area contributed by atoms with Crippen molar-refractivity contribution in [2.24, 2.45) is 0 Å². The standard InChI is InChI=1S/C18H16ClN7O3/c1-9-15-16(24-18(20)22-9)21-8-26(17(15)28)7-14-23-13(25-29-14)6-12(27)10-2-4-11(19)5-3-10/h2-5,8,12,27H,6-7H2,1H3,(H2,20,22,24). The molecule has 1 aromatic carbocycles. The first kappa shape index (κ1) is 19.0. The Bertz CT molecular complexity index is 1240. The van der Waals surface area contributed by atoms with Crippen LogP contribution in [0.3, 0.4) is 0 Å². The fraction of sp³-hybridized carbons (Fsp3) is 0.222. The number of hydrogen-bond donors (Lipinski definition) is 2. The number of fused-ring (bicyclic) bond motifs is 1. The van der Waals surface area contributed by atoms with Crippen molar-refractivity contribution in [1.82, 2.24) is 29.7 Å². The number of nitrogens with zero attached hydrogens (tertiary/aromatic N) is 6. The van der Waals surface area contributed by atoms with Crippen molar-refractivity contribution in [3.63, 3.8) is 0 Å². The summed E-state index contributed by atoms with van der Waals surface area (Å²) < 4.78 is 6.53. The van der Waals surface area contributed by atoms with E-state index < -0.39 is 6.10 Å². The van der Waals surface area contributed by atoms with Gasteiger partial charge in [-0.05, 0) is 24.6 Å². The Morgan fingerprint density at radius 2 is 2.00 bits per heavy atom. The van der Waals surface area contributed by atoms with Gasteiger partial charge in [-0.2, -0.15) is 9.97 Å². The number of aliphatic hydroxyl groups is 1. The van der Waals surface area contributed by atoms with Crippen LogP contribution in [-0.4, -0.2) is 34.8 Å². The molecule has 0 amide bonds. The Balaban J connectivity index is 1.54. The lowest BCUT2D eigenvalue weighted by Gasteiger charge is -2.08. The smallest absolute Gasteiger partial charge is 0.265 e. The fourth-order valence-electron chi connectivity index (χ4n) is 2.91. The zero-order valence-electron chi connectivity index (χ0n) is 15.3. The van der Waals surface area contributed by atoms with E-state index in [4.69, 9.17) is 21.9 Å². The Morgan fingerprint density at radius 3 is 2.76 bits per heavy atom.